The van der Waals surface area contributed by atoms with Crippen LogP contribution in [0, 0.1) is 29.9 Å². The third kappa shape index (κ3) is 8.68. The Labute approximate surface area is 449 Å². The van der Waals surface area contributed by atoms with E-state index in [0.29, 0.717) is 82.0 Å². The Kier molecular flexibility index (Phi) is 12.8. The molecule has 0 aliphatic carbocycles. The van der Waals surface area contributed by atoms with Crippen molar-refractivity contribution in [3.63, 3.8) is 0 Å². The fourth-order valence-electron chi connectivity index (χ4n) is 14.1. The molecule has 3 amide bonds. The van der Waals surface area contributed by atoms with Gasteiger partial charge in [0.15, 0.2) is 5.82 Å². The molecule has 406 valence electrons. The number of rotatable bonds is 12. The van der Waals surface area contributed by atoms with Gasteiger partial charge in [-0.15, -0.1) is 6.42 Å². The number of halogens is 2. The molecule has 7 aliphatic heterocycles. The lowest BCUT2D eigenvalue weighted by atomic mass is 9.95. The van der Waals surface area contributed by atoms with Crippen LogP contribution < -0.4 is 25.4 Å². The molecule has 5 atom stereocenters. The first-order chi connectivity index (χ1) is 37.8. The zero-order valence-electron chi connectivity index (χ0n) is 44.0. The molecule has 3 aromatic carbocycles. The van der Waals surface area contributed by atoms with Crippen molar-refractivity contribution in [3.05, 3.63) is 82.4 Å². The second-order valence-electron chi connectivity index (χ2n) is 22.7. The van der Waals surface area contributed by atoms with Crippen molar-refractivity contribution in [1.29, 1.82) is 0 Å². The van der Waals surface area contributed by atoms with Crippen molar-refractivity contribution in [2.45, 2.75) is 100 Å². The minimum atomic E-state index is -0.766. The zero-order chi connectivity index (χ0) is 53.6. The molecule has 13 rings (SSSR count). The summed E-state index contributed by atoms with van der Waals surface area (Å²) in [6.07, 6.45) is 14.8. The minimum absolute atomic E-state index is 0.0146. The van der Waals surface area contributed by atoms with Crippen LogP contribution in [0.3, 0.4) is 0 Å². The number of likely N-dealkylation sites (N-methyl/N-ethyl adjacent to an activating group) is 1. The Morgan fingerprint density at radius 3 is 2.49 bits per heavy atom. The van der Waals surface area contributed by atoms with Crippen LogP contribution in [0.15, 0.2) is 59.5 Å². The molecular weight excluding hydrogens is 1000 g/mol. The van der Waals surface area contributed by atoms with E-state index < -0.39 is 23.6 Å². The Hall–Kier alpha value is -7.21. The number of nitrogens with zero attached hydrogens (tertiary/aromatic N) is 10. The summed E-state index contributed by atoms with van der Waals surface area (Å²) in [7, 11) is 3.84. The maximum absolute atomic E-state index is 17.3. The van der Waals surface area contributed by atoms with Crippen molar-refractivity contribution >= 4 is 56.4 Å². The quantitative estimate of drug-likeness (QED) is 0.112. The SMILES string of the molecule is C#Cc1c(F)ccc2cccc(-c3ncc4c(N5CC6CCC(C5)N6C)nc(OC[C@@]56CCCN5[C@H](COC(=O)N5CC(CN7CCC(Oc8cccc9c8n(C)c(=O)n9C8CCC(=O)NC8=O)CC7)C5)CC6)nc4c3F)c12. The summed E-state index contributed by atoms with van der Waals surface area (Å²) in [5, 5.41) is 3.92. The van der Waals surface area contributed by atoms with Gasteiger partial charge in [-0.3, -0.25) is 38.8 Å². The highest BCUT2D eigenvalue weighted by Crippen LogP contribution is 2.44. The largest absolute Gasteiger partial charge is 0.488 e. The summed E-state index contributed by atoms with van der Waals surface area (Å²) in [5.41, 5.74) is 1.08. The van der Waals surface area contributed by atoms with Crippen LogP contribution in [0.1, 0.15) is 75.8 Å². The smallest absolute Gasteiger partial charge is 0.409 e. The number of nitrogens with one attached hydrogen (secondary N) is 1. The minimum Gasteiger partial charge on any atom is -0.488 e. The Morgan fingerprint density at radius 2 is 1.71 bits per heavy atom. The number of fused-ring (bicyclic) bond motifs is 6. The van der Waals surface area contributed by atoms with Gasteiger partial charge in [-0.05, 0) is 95.0 Å². The Balaban J connectivity index is 0.630. The summed E-state index contributed by atoms with van der Waals surface area (Å²) in [5.74, 6) is 1.95. The lowest BCUT2D eigenvalue weighted by molar-refractivity contribution is -0.135. The number of piperazine rings is 1. The average molecular weight is 1060 g/mol. The van der Waals surface area contributed by atoms with Gasteiger partial charge in [-0.1, -0.05) is 36.3 Å². The molecule has 6 aromatic rings. The first-order valence-electron chi connectivity index (χ1n) is 27.6. The number of pyridine rings is 1. The van der Waals surface area contributed by atoms with Gasteiger partial charge < -0.3 is 28.9 Å². The summed E-state index contributed by atoms with van der Waals surface area (Å²) in [6.45, 7) is 6.68. The number of piperidine rings is 2. The van der Waals surface area contributed by atoms with Crippen molar-refractivity contribution < 1.29 is 37.4 Å². The number of para-hydroxylation sites is 1. The number of likely N-dealkylation sites (tertiary alicyclic amines) is 2. The van der Waals surface area contributed by atoms with E-state index in [0.717, 1.165) is 90.6 Å². The number of aryl methyl sites for hydroxylation is 1. The van der Waals surface area contributed by atoms with E-state index in [4.69, 9.17) is 30.6 Å². The first kappa shape index (κ1) is 50.3. The molecule has 20 heteroatoms. The summed E-state index contributed by atoms with van der Waals surface area (Å²) in [4.78, 5) is 77.2. The van der Waals surface area contributed by atoms with Crippen molar-refractivity contribution in [3.8, 4) is 35.4 Å². The predicted molar refractivity (Wildman–Crippen MR) is 287 cm³/mol. The van der Waals surface area contributed by atoms with Crippen molar-refractivity contribution in [1.82, 2.24) is 49.0 Å². The van der Waals surface area contributed by atoms with Gasteiger partial charge in [-0.25, -0.2) is 18.4 Å². The van der Waals surface area contributed by atoms with Crippen molar-refractivity contribution in [2.24, 2.45) is 13.0 Å². The predicted octanol–water partition coefficient (Wildman–Crippen LogP) is 6.01. The van der Waals surface area contributed by atoms with Crippen LogP contribution in [0.25, 0.3) is 44.0 Å². The van der Waals surface area contributed by atoms with Gasteiger partial charge in [0.2, 0.25) is 11.8 Å². The van der Waals surface area contributed by atoms with Gasteiger partial charge in [0.25, 0.3) is 0 Å². The van der Waals surface area contributed by atoms with E-state index in [9.17, 15) is 19.2 Å². The molecule has 0 spiro atoms. The van der Waals surface area contributed by atoms with E-state index in [1.165, 1.54) is 15.2 Å². The lowest BCUT2D eigenvalue weighted by Crippen LogP contribution is -2.55. The third-order valence-electron chi connectivity index (χ3n) is 18.2. The van der Waals surface area contributed by atoms with Crippen LogP contribution in [0.2, 0.25) is 0 Å². The summed E-state index contributed by atoms with van der Waals surface area (Å²) < 4.78 is 54.5. The molecule has 0 saturated carbocycles. The van der Waals surface area contributed by atoms with Crippen molar-refractivity contribution in [2.75, 3.05) is 77.5 Å². The highest BCUT2D eigenvalue weighted by atomic mass is 19.1. The summed E-state index contributed by atoms with van der Waals surface area (Å²) >= 11 is 0. The fourth-order valence-corrected chi connectivity index (χ4v) is 14.1. The van der Waals surface area contributed by atoms with Gasteiger partial charge in [0.1, 0.15) is 59.5 Å². The number of benzene rings is 3. The number of amides is 3. The lowest BCUT2D eigenvalue weighted by Gasteiger charge is -2.42. The molecular formula is C58H63F2N11O7. The highest BCUT2D eigenvalue weighted by Gasteiger charge is 2.51. The normalized spacial score (nSPS) is 25.2. The number of carbonyl (C=O) groups excluding carboxylic acids is 3. The average Bonchev–Trinajstić information content (AvgIpc) is 4.14. The number of hydrogen-bond donors (Lipinski definition) is 1. The second kappa shape index (κ2) is 19.9. The van der Waals surface area contributed by atoms with E-state index in [1.54, 1.807) is 36.3 Å². The van der Waals surface area contributed by atoms with E-state index >= 15 is 8.78 Å². The number of carbonyl (C=O) groups is 3. The Bertz CT molecular complexity index is 3500. The number of anilines is 1. The fraction of sp³-hybridized carbons (Fsp3) is 0.500. The van der Waals surface area contributed by atoms with E-state index in [2.05, 4.69) is 42.9 Å². The van der Waals surface area contributed by atoms with E-state index in [1.807, 2.05) is 24.3 Å². The molecule has 7 saturated heterocycles. The molecule has 2 bridgehead atoms. The number of imidazole rings is 1. The molecule has 3 unspecified atom stereocenters. The van der Waals surface area contributed by atoms with Gasteiger partial charge in [0.05, 0.1) is 22.0 Å². The first-order valence-corrected chi connectivity index (χ1v) is 27.6. The summed E-state index contributed by atoms with van der Waals surface area (Å²) in [6, 6.07) is 13.8. The molecule has 3 aromatic heterocycles. The molecule has 7 fully saturated rings. The molecule has 78 heavy (non-hydrogen) atoms. The molecule has 1 N–H and O–H groups in total. The molecule has 10 heterocycles. The van der Waals surface area contributed by atoms with Crippen LogP contribution in [0.5, 0.6) is 11.8 Å². The number of terminal acetylenes is 1. The molecule has 0 radical (unpaired) electrons. The molecule has 7 aliphatic rings. The van der Waals surface area contributed by atoms with E-state index in [-0.39, 0.29) is 77.6 Å². The maximum Gasteiger partial charge on any atom is 0.409 e. The zero-order valence-corrected chi connectivity index (χ0v) is 44.0. The third-order valence-corrected chi connectivity index (χ3v) is 18.2. The maximum atomic E-state index is 17.3. The van der Waals surface area contributed by atoms with Gasteiger partial charge in [-0.2, -0.15) is 9.97 Å². The highest BCUT2D eigenvalue weighted by molar-refractivity contribution is 6.02. The number of hydrogen-bond acceptors (Lipinski definition) is 14. The Morgan fingerprint density at radius 1 is 0.910 bits per heavy atom. The number of aromatic nitrogens is 5. The van der Waals surface area contributed by atoms with Crippen LogP contribution >= 0.6 is 0 Å². The van der Waals surface area contributed by atoms with Gasteiger partial charge in [0, 0.05) is 100 Å². The van der Waals surface area contributed by atoms with Crippen LogP contribution in [0.4, 0.5) is 19.4 Å². The topological polar surface area (TPSA) is 173 Å². The second-order valence-corrected chi connectivity index (χ2v) is 22.7. The monoisotopic (exact) mass is 1060 g/mol. The van der Waals surface area contributed by atoms with Crippen LogP contribution in [-0.2, 0) is 21.4 Å². The molecule has 18 nitrogen and oxygen atoms in total. The number of imide groups is 1. The van der Waals surface area contributed by atoms with Crippen LogP contribution in [-0.4, -0.2) is 164 Å². The van der Waals surface area contributed by atoms with Gasteiger partial charge >= 0.3 is 17.8 Å². The standard InChI is InChI=1S/C58H63F2N11O7/c1-4-40-43(59)15-12-35-8-5-9-41(48(35)40)50-49(60)51-42(26-61-50)53(68-30-36-13-14-37(31-68)65(36)2)64-55(63-51)77-33-58-21-7-23-70(58)38(18-22-58)32-76-57(75)69-28-34(29-69)27-67-24-19-39(20-25-67)78-46-11-6-10-44-52(46)66(3)56(74)71(44)45-16-17-47(72)62-54(45)73/h1,5-6,8-12,15,26,34,36-39,45H,7,13-14,16-25,27-33H2,2-3H3,(H,62,72,73)/t36?,37?,38-,45?,58-/m0/s1. The number of ether oxygens (including phenoxy) is 3.